The van der Waals surface area contributed by atoms with Crippen molar-refractivity contribution < 1.29 is 14.7 Å². The van der Waals surface area contributed by atoms with Crippen molar-refractivity contribution in [3.8, 4) is 11.1 Å². The molecule has 0 atom stereocenters. The zero-order valence-corrected chi connectivity index (χ0v) is 16.1. The number of carboxylic acids is 1. The van der Waals surface area contributed by atoms with E-state index in [9.17, 15) is 14.7 Å². The van der Waals surface area contributed by atoms with Gasteiger partial charge in [-0.15, -0.1) is 11.3 Å². The predicted octanol–water partition coefficient (Wildman–Crippen LogP) is 5.00. The summed E-state index contributed by atoms with van der Waals surface area (Å²) < 4.78 is 0.900. The number of para-hydroxylation sites is 2. The Morgan fingerprint density at radius 1 is 1.11 bits per heavy atom. The van der Waals surface area contributed by atoms with Gasteiger partial charge in [-0.05, 0) is 29.8 Å². The summed E-state index contributed by atoms with van der Waals surface area (Å²) in [5, 5.41) is 14.3. The Morgan fingerprint density at radius 3 is 2.56 bits per heavy atom. The van der Waals surface area contributed by atoms with Crippen molar-refractivity contribution in [2.24, 2.45) is 0 Å². The van der Waals surface area contributed by atoms with Crippen LogP contribution in [0.25, 0.3) is 22.2 Å². The molecule has 27 heavy (non-hydrogen) atoms. The molecule has 0 saturated heterocycles. The van der Waals surface area contributed by atoms with Gasteiger partial charge < -0.3 is 15.4 Å². The maximum atomic E-state index is 12.6. The first kappa shape index (κ1) is 17.4. The number of nitrogens with zero attached hydrogens (tertiary/aromatic N) is 1. The van der Waals surface area contributed by atoms with Crippen LogP contribution in [0.1, 0.15) is 21.0 Å². The Labute approximate surface area is 166 Å². The first-order valence-corrected chi connectivity index (χ1v) is 9.57. The lowest BCUT2D eigenvalue weighted by atomic mass is 10.0. The number of anilines is 1. The molecule has 134 valence electrons. The number of amides is 1. The van der Waals surface area contributed by atoms with Crippen LogP contribution < -0.4 is 5.32 Å². The molecule has 0 saturated carbocycles. The fourth-order valence-corrected chi connectivity index (χ4v) is 3.95. The molecule has 0 unspecified atom stereocenters. The Bertz CT molecular complexity index is 1130. The zero-order chi connectivity index (χ0) is 19.0. The summed E-state index contributed by atoms with van der Waals surface area (Å²) in [5.41, 5.74) is 2.79. The molecule has 3 N–H and O–H groups in total. The lowest BCUT2D eigenvalue weighted by Crippen LogP contribution is -2.15. The molecular formula is C19H12BrN3O3S. The molecule has 2 aromatic heterocycles. The standard InChI is InChI=1S/C19H12BrN3O3S/c20-11-7-5-10(6-8-11)12-9-27-18(15(12)19(25)26)23-17(24)16-21-13-3-1-2-4-14(13)22-16/h1-9H,(H,21,22)(H,23,24)(H,25,26). The van der Waals surface area contributed by atoms with Crippen molar-refractivity contribution in [1.82, 2.24) is 9.97 Å². The van der Waals surface area contributed by atoms with Crippen LogP contribution >= 0.6 is 27.3 Å². The van der Waals surface area contributed by atoms with Gasteiger partial charge in [0.25, 0.3) is 5.91 Å². The van der Waals surface area contributed by atoms with E-state index in [-0.39, 0.29) is 16.4 Å². The largest absolute Gasteiger partial charge is 0.478 e. The number of carboxylic acid groups (broad SMARTS) is 1. The highest BCUT2D eigenvalue weighted by molar-refractivity contribution is 9.10. The molecule has 4 rings (SSSR count). The van der Waals surface area contributed by atoms with E-state index in [1.807, 2.05) is 42.5 Å². The molecule has 2 aromatic carbocycles. The fraction of sp³-hybridized carbons (Fsp3) is 0. The SMILES string of the molecule is O=C(Nc1scc(-c2ccc(Br)cc2)c1C(=O)O)c1nc2ccccc2[nH]1. The van der Waals surface area contributed by atoms with Crippen molar-refractivity contribution in [3.05, 3.63) is 69.8 Å². The first-order valence-electron chi connectivity index (χ1n) is 7.90. The van der Waals surface area contributed by atoms with Gasteiger partial charge in [0.2, 0.25) is 0 Å². The van der Waals surface area contributed by atoms with Crippen molar-refractivity contribution >= 4 is 55.2 Å². The summed E-state index contributed by atoms with van der Waals surface area (Å²) >= 11 is 4.53. The molecule has 0 aliphatic rings. The molecule has 0 radical (unpaired) electrons. The minimum absolute atomic E-state index is 0.0618. The highest BCUT2D eigenvalue weighted by Crippen LogP contribution is 2.36. The minimum atomic E-state index is -1.10. The average Bonchev–Trinajstić information content (AvgIpc) is 3.26. The van der Waals surface area contributed by atoms with Gasteiger partial charge in [0.05, 0.1) is 11.0 Å². The molecule has 0 spiro atoms. The lowest BCUT2D eigenvalue weighted by molar-refractivity contribution is 0.0699. The third kappa shape index (κ3) is 3.36. The number of hydrogen-bond acceptors (Lipinski definition) is 4. The van der Waals surface area contributed by atoms with Crippen molar-refractivity contribution in [3.63, 3.8) is 0 Å². The van der Waals surface area contributed by atoms with Gasteiger partial charge in [0, 0.05) is 15.4 Å². The van der Waals surface area contributed by atoms with E-state index in [2.05, 4.69) is 31.2 Å². The highest BCUT2D eigenvalue weighted by Gasteiger charge is 2.22. The molecule has 0 aliphatic carbocycles. The predicted molar refractivity (Wildman–Crippen MR) is 108 cm³/mol. The van der Waals surface area contributed by atoms with Crippen LogP contribution in [0.2, 0.25) is 0 Å². The van der Waals surface area contributed by atoms with E-state index in [0.29, 0.717) is 11.1 Å². The Hall–Kier alpha value is -2.97. The van der Waals surface area contributed by atoms with Crippen LogP contribution in [0.4, 0.5) is 5.00 Å². The number of hydrogen-bond donors (Lipinski definition) is 3. The Morgan fingerprint density at radius 2 is 1.85 bits per heavy atom. The van der Waals surface area contributed by atoms with Gasteiger partial charge in [0.1, 0.15) is 10.6 Å². The molecular weight excluding hydrogens is 430 g/mol. The Kier molecular flexibility index (Phi) is 4.51. The average molecular weight is 442 g/mol. The van der Waals surface area contributed by atoms with Gasteiger partial charge in [-0.1, -0.05) is 40.2 Å². The number of benzene rings is 2. The number of aromatic carboxylic acids is 1. The number of carbonyl (C=O) groups is 2. The van der Waals surface area contributed by atoms with E-state index < -0.39 is 11.9 Å². The second-order valence-electron chi connectivity index (χ2n) is 5.72. The molecule has 0 bridgehead atoms. The van der Waals surface area contributed by atoms with Crippen LogP contribution in [-0.2, 0) is 0 Å². The molecule has 6 nitrogen and oxygen atoms in total. The summed E-state index contributed by atoms with van der Waals surface area (Å²) in [4.78, 5) is 31.6. The monoisotopic (exact) mass is 441 g/mol. The number of imidazole rings is 1. The quantitative estimate of drug-likeness (QED) is 0.414. The third-order valence-corrected chi connectivity index (χ3v) is 5.42. The molecule has 1 amide bonds. The van der Waals surface area contributed by atoms with Gasteiger partial charge in [-0.3, -0.25) is 4.79 Å². The number of nitrogens with one attached hydrogen (secondary N) is 2. The van der Waals surface area contributed by atoms with Gasteiger partial charge in [0.15, 0.2) is 5.82 Å². The van der Waals surface area contributed by atoms with E-state index in [0.717, 1.165) is 15.6 Å². The highest BCUT2D eigenvalue weighted by atomic mass is 79.9. The number of rotatable bonds is 4. The molecule has 4 aromatic rings. The van der Waals surface area contributed by atoms with Crippen molar-refractivity contribution in [2.75, 3.05) is 5.32 Å². The van der Waals surface area contributed by atoms with Crippen LogP contribution in [-0.4, -0.2) is 27.0 Å². The van der Waals surface area contributed by atoms with Gasteiger partial charge in [-0.25, -0.2) is 9.78 Å². The number of H-pyrrole nitrogens is 1. The molecule has 0 aliphatic heterocycles. The molecule has 2 heterocycles. The second kappa shape index (κ2) is 6.98. The normalized spacial score (nSPS) is 10.9. The molecule has 0 fully saturated rings. The van der Waals surface area contributed by atoms with E-state index in [1.54, 1.807) is 11.4 Å². The Balaban J connectivity index is 1.68. The third-order valence-electron chi connectivity index (χ3n) is 3.99. The summed E-state index contributed by atoms with van der Waals surface area (Å²) in [6.45, 7) is 0. The second-order valence-corrected chi connectivity index (χ2v) is 7.52. The van der Waals surface area contributed by atoms with Crippen molar-refractivity contribution in [2.45, 2.75) is 0 Å². The lowest BCUT2D eigenvalue weighted by Gasteiger charge is -2.05. The van der Waals surface area contributed by atoms with Gasteiger partial charge in [-0.2, -0.15) is 0 Å². The van der Waals surface area contributed by atoms with Crippen LogP contribution in [0.15, 0.2) is 58.4 Å². The number of aromatic nitrogens is 2. The number of aromatic amines is 1. The number of halogens is 1. The maximum Gasteiger partial charge on any atom is 0.339 e. The van der Waals surface area contributed by atoms with E-state index in [1.165, 1.54) is 11.3 Å². The number of fused-ring (bicyclic) bond motifs is 1. The number of thiophene rings is 1. The molecule has 8 heteroatoms. The summed E-state index contributed by atoms with van der Waals surface area (Å²) in [7, 11) is 0. The first-order chi connectivity index (χ1) is 13.0. The van der Waals surface area contributed by atoms with Crippen LogP contribution in [0, 0.1) is 0 Å². The van der Waals surface area contributed by atoms with Crippen LogP contribution in [0.3, 0.4) is 0 Å². The summed E-state index contributed by atoms with van der Waals surface area (Å²) in [6.07, 6.45) is 0. The summed E-state index contributed by atoms with van der Waals surface area (Å²) in [5.74, 6) is -1.46. The smallest absolute Gasteiger partial charge is 0.339 e. The maximum absolute atomic E-state index is 12.6. The summed E-state index contributed by atoms with van der Waals surface area (Å²) in [6, 6.07) is 14.6. The van der Waals surface area contributed by atoms with Crippen molar-refractivity contribution in [1.29, 1.82) is 0 Å². The minimum Gasteiger partial charge on any atom is -0.478 e. The topological polar surface area (TPSA) is 95.1 Å². The van der Waals surface area contributed by atoms with Crippen LogP contribution in [0.5, 0.6) is 0 Å². The zero-order valence-electron chi connectivity index (χ0n) is 13.7. The number of carbonyl (C=O) groups excluding carboxylic acids is 1. The van der Waals surface area contributed by atoms with E-state index in [4.69, 9.17) is 0 Å². The van der Waals surface area contributed by atoms with Gasteiger partial charge >= 0.3 is 5.97 Å². The van der Waals surface area contributed by atoms with E-state index >= 15 is 0 Å². The fourth-order valence-electron chi connectivity index (χ4n) is 2.73.